The van der Waals surface area contributed by atoms with Crippen molar-refractivity contribution in [1.29, 1.82) is 0 Å². The number of carbonyl (C=O) groups excluding carboxylic acids is 1. The molecule has 3 aromatic carbocycles. The van der Waals surface area contributed by atoms with Crippen molar-refractivity contribution in [2.24, 2.45) is 0 Å². The van der Waals surface area contributed by atoms with Crippen LogP contribution in [0.1, 0.15) is 22.6 Å². The molecule has 4 rings (SSSR count). The minimum absolute atomic E-state index is 0.128. The maximum Gasteiger partial charge on any atom is 0.322 e. The molecule has 0 unspecified atom stereocenters. The Kier molecular flexibility index (Phi) is 4.66. The van der Waals surface area contributed by atoms with Crippen LogP contribution in [0.4, 0.5) is 6.01 Å². The summed E-state index contributed by atoms with van der Waals surface area (Å²) in [7, 11) is 0. The van der Waals surface area contributed by atoms with Crippen molar-refractivity contribution < 1.29 is 9.21 Å². The van der Waals surface area contributed by atoms with Crippen molar-refractivity contribution >= 4 is 22.7 Å². The number of nitrogens with one attached hydrogen (secondary N) is 1. The van der Waals surface area contributed by atoms with E-state index in [1.807, 2.05) is 73.7 Å². The fraction of sp³-hybridized carbons (Fsp3) is 0.136. The largest absolute Gasteiger partial charge is 0.407 e. The molecule has 27 heavy (non-hydrogen) atoms. The number of nitrogens with zero attached hydrogens (tertiary/aromatic N) is 2. The predicted octanol–water partition coefficient (Wildman–Crippen LogP) is 4.30. The van der Waals surface area contributed by atoms with Crippen LogP contribution in [0.15, 0.2) is 71.1 Å². The van der Waals surface area contributed by atoms with Crippen molar-refractivity contribution in [3.63, 3.8) is 0 Å². The third kappa shape index (κ3) is 4.20. The summed E-state index contributed by atoms with van der Waals surface area (Å²) in [6.45, 7) is 2.04. The molecular weight excluding hydrogens is 338 g/mol. The Bertz CT molecular complexity index is 1080. The van der Waals surface area contributed by atoms with Gasteiger partial charge in [0.2, 0.25) is 11.8 Å². The van der Waals surface area contributed by atoms with Gasteiger partial charge in [0.05, 0.1) is 12.8 Å². The zero-order valence-corrected chi connectivity index (χ0v) is 15.0. The first kappa shape index (κ1) is 17.0. The first-order valence-electron chi connectivity index (χ1n) is 8.81. The minimum Gasteiger partial charge on any atom is -0.407 e. The Balaban J connectivity index is 1.39. The number of aryl methyl sites for hydroxylation is 1. The number of carbonyl (C=O) groups is 1. The summed E-state index contributed by atoms with van der Waals surface area (Å²) in [5.41, 5.74) is 3.22. The lowest BCUT2D eigenvalue weighted by Crippen LogP contribution is -2.14. The first-order valence-corrected chi connectivity index (χ1v) is 8.81. The molecule has 1 amide bonds. The molecule has 1 aromatic heterocycles. The van der Waals surface area contributed by atoms with Crippen molar-refractivity contribution in [3.8, 4) is 0 Å². The van der Waals surface area contributed by atoms with E-state index >= 15 is 0 Å². The number of fused-ring (bicyclic) bond motifs is 1. The molecule has 0 spiro atoms. The molecule has 0 aliphatic rings. The predicted molar refractivity (Wildman–Crippen MR) is 105 cm³/mol. The van der Waals surface area contributed by atoms with Crippen LogP contribution >= 0.6 is 0 Å². The second-order valence-corrected chi connectivity index (χ2v) is 6.57. The highest BCUT2D eigenvalue weighted by atomic mass is 16.4. The Morgan fingerprint density at radius 3 is 2.48 bits per heavy atom. The second-order valence-electron chi connectivity index (χ2n) is 6.57. The third-order valence-corrected chi connectivity index (χ3v) is 4.37. The van der Waals surface area contributed by atoms with Gasteiger partial charge in [0, 0.05) is 0 Å². The van der Waals surface area contributed by atoms with Gasteiger partial charge >= 0.3 is 6.01 Å². The van der Waals surface area contributed by atoms with Crippen molar-refractivity contribution in [2.75, 3.05) is 5.32 Å². The van der Waals surface area contributed by atoms with Gasteiger partial charge in [-0.1, -0.05) is 77.4 Å². The molecule has 0 fully saturated rings. The fourth-order valence-corrected chi connectivity index (χ4v) is 2.95. The standard InChI is InChI=1S/C22H19N3O2/c1-15-6-8-16(9-7-15)14-21-24-25-22(27-21)23-20(26)13-17-10-11-18-4-2-3-5-19(18)12-17/h2-12H,13-14H2,1H3,(H,23,25,26). The van der Waals surface area contributed by atoms with Crippen molar-refractivity contribution in [3.05, 3.63) is 89.3 Å². The molecule has 0 saturated carbocycles. The van der Waals surface area contributed by atoms with Crippen LogP contribution in [0.3, 0.4) is 0 Å². The average molecular weight is 357 g/mol. The highest BCUT2D eigenvalue weighted by Gasteiger charge is 2.11. The molecule has 0 aliphatic heterocycles. The van der Waals surface area contributed by atoms with Gasteiger partial charge in [0.15, 0.2) is 0 Å². The molecule has 5 nitrogen and oxygen atoms in total. The lowest BCUT2D eigenvalue weighted by atomic mass is 10.1. The van der Waals surface area contributed by atoms with E-state index in [0.717, 1.165) is 21.9 Å². The monoisotopic (exact) mass is 357 g/mol. The molecule has 0 bridgehead atoms. The van der Waals surface area contributed by atoms with E-state index in [9.17, 15) is 4.79 Å². The van der Waals surface area contributed by atoms with Crippen molar-refractivity contribution in [1.82, 2.24) is 10.2 Å². The van der Waals surface area contributed by atoms with Gasteiger partial charge in [-0.05, 0) is 28.8 Å². The molecule has 5 heteroatoms. The van der Waals surface area contributed by atoms with E-state index < -0.39 is 0 Å². The Hall–Kier alpha value is -3.47. The summed E-state index contributed by atoms with van der Waals surface area (Å²) in [5.74, 6) is 0.288. The molecule has 134 valence electrons. The van der Waals surface area contributed by atoms with Crippen LogP contribution in [0, 0.1) is 6.92 Å². The van der Waals surface area contributed by atoms with Crippen LogP contribution in [0.2, 0.25) is 0 Å². The van der Waals surface area contributed by atoms with Crippen molar-refractivity contribution in [2.45, 2.75) is 19.8 Å². The fourth-order valence-electron chi connectivity index (χ4n) is 2.95. The summed E-state index contributed by atoms with van der Waals surface area (Å²) in [4.78, 5) is 12.3. The number of benzene rings is 3. The second kappa shape index (κ2) is 7.41. The van der Waals surface area contributed by atoms with Gasteiger partial charge in [0.1, 0.15) is 0 Å². The highest BCUT2D eigenvalue weighted by Crippen LogP contribution is 2.17. The van der Waals surface area contributed by atoms with Gasteiger partial charge in [-0.2, -0.15) is 0 Å². The number of aromatic nitrogens is 2. The zero-order valence-electron chi connectivity index (χ0n) is 15.0. The van der Waals surface area contributed by atoms with Gasteiger partial charge in [0.25, 0.3) is 0 Å². The smallest absolute Gasteiger partial charge is 0.322 e. The van der Waals surface area contributed by atoms with Gasteiger partial charge in [-0.25, -0.2) is 0 Å². The molecule has 1 N–H and O–H groups in total. The maximum absolute atomic E-state index is 12.3. The van der Waals surface area contributed by atoms with E-state index in [1.165, 1.54) is 5.56 Å². The molecular formula is C22H19N3O2. The third-order valence-electron chi connectivity index (χ3n) is 4.37. The molecule has 0 aliphatic carbocycles. The maximum atomic E-state index is 12.3. The lowest BCUT2D eigenvalue weighted by molar-refractivity contribution is -0.115. The number of hydrogen-bond acceptors (Lipinski definition) is 4. The van der Waals surface area contributed by atoms with E-state index in [0.29, 0.717) is 12.3 Å². The zero-order chi connectivity index (χ0) is 18.6. The molecule has 0 radical (unpaired) electrons. The summed E-state index contributed by atoms with van der Waals surface area (Å²) in [6.07, 6.45) is 0.786. The average Bonchev–Trinajstić information content (AvgIpc) is 3.10. The Labute approximate surface area is 157 Å². The number of amides is 1. The summed E-state index contributed by atoms with van der Waals surface area (Å²) < 4.78 is 5.54. The van der Waals surface area contributed by atoms with E-state index in [2.05, 4.69) is 15.5 Å². The van der Waals surface area contributed by atoms with Crippen LogP contribution in [0.25, 0.3) is 10.8 Å². The SMILES string of the molecule is Cc1ccc(Cc2nnc(NC(=O)Cc3ccc4ccccc4c3)o2)cc1. The van der Waals surface area contributed by atoms with Crippen LogP contribution in [-0.4, -0.2) is 16.1 Å². The highest BCUT2D eigenvalue weighted by molar-refractivity contribution is 5.91. The quantitative estimate of drug-likeness (QED) is 0.578. The molecule has 1 heterocycles. The van der Waals surface area contributed by atoms with Crippen LogP contribution in [0.5, 0.6) is 0 Å². The van der Waals surface area contributed by atoms with E-state index in [1.54, 1.807) is 0 Å². The molecule has 4 aromatic rings. The Morgan fingerprint density at radius 1 is 0.926 bits per heavy atom. The molecule has 0 saturated heterocycles. The first-order chi connectivity index (χ1) is 13.2. The topological polar surface area (TPSA) is 68.0 Å². The Morgan fingerprint density at radius 2 is 1.67 bits per heavy atom. The summed E-state index contributed by atoms with van der Waals surface area (Å²) in [5, 5.41) is 12.9. The summed E-state index contributed by atoms with van der Waals surface area (Å²) >= 11 is 0. The summed E-state index contributed by atoms with van der Waals surface area (Å²) in [6, 6.07) is 22.3. The number of anilines is 1. The van der Waals surface area contributed by atoms with Crippen LogP contribution in [-0.2, 0) is 17.6 Å². The normalized spacial score (nSPS) is 10.9. The minimum atomic E-state index is -0.184. The van der Waals surface area contributed by atoms with Gasteiger partial charge in [-0.15, -0.1) is 5.10 Å². The lowest BCUT2D eigenvalue weighted by Gasteiger charge is -2.03. The number of hydrogen-bond donors (Lipinski definition) is 1. The van der Waals surface area contributed by atoms with Gasteiger partial charge < -0.3 is 4.42 Å². The van der Waals surface area contributed by atoms with Crippen LogP contribution < -0.4 is 5.32 Å². The van der Waals surface area contributed by atoms with Gasteiger partial charge in [-0.3, -0.25) is 10.1 Å². The van der Waals surface area contributed by atoms with E-state index in [-0.39, 0.29) is 18.3 Å². The van der Waals surface area contributed by atoms with E-state index in [4.69, 9.17) is 4.42 Å². The number of rotatable bonds is 5. The molecule has 0 atom stereocenters.